The standard InChI is InChI=1S/C24H27NO/c26-23(24-12-15-4-3-6-17(13-24)18(10-15)14-24)20-11-19(20)22-9-8-16-5-1-2-7-21(16)25-22/h1-2,5,7-9,15,17-20H,3-4,6,10-14H2. The number of fused-ring (bicyclic) bond motifs is 3. The molecule has 26 heavy (non-hydrogen) atoms. The third kappa shape index (κ3) is 2.23. The lowest BCUT2D eigenvalue weighted by molar-refractivity contribution is -0.132. The summed E-state index contributed by atoms with van der Waals surface area (Å²) < 4.78 is 0. The van der Waals surface area contributed by atoms with Gasteiger partial charge in [0.1, 0.15) is 5.78 Å². The molecule has 0 amide bonds. The van der Waals surface area contributed by atoms with E-state index in [1.54, 1.807) is 0 Å². The highest BCUT2D eigenvalue weighted by Gasteiger charge is 2.59. The summed E-state index contributed by atoms with van der Waals surface area (Å²) in [5.74, 6) is 3.79. The van der Waals surface area contributed by atoms with Crippen LogP contribution in [0.1, 0.15) is 63.0 Å². The van der Waals surface area contributed by atoms with E-state index in [0.717, 1.165) is 35.4 Å². The smallest absolute Gasteiger partial charge is 0.142 e. The largest absolute Gasteiger partial charge is 0.299 e. The molecule has 2 nitrogen and oxygen atoms in total. The lowest BCUT2D eigenvalue weighted by Gasteiger charge is -2.37. The van der Waals surface area contributed by atoms with Crippen LogP contribution in [0.3, 0.4) is 0 Å². The van der Waals surface area contributed by atoms with Crippen LogP contribution in [-0.2, 0) is 4.79 Å². The van der Waals surface area contributed by atoms with Crippen molar-refractivity contribution in [1.29, 1.82) is 0 Å². The fourth-order valence-electron chi connectivity index (χ4n) is 6.95. The maximum absolute atomic E-state index is 13.6. The second-order valence-electron chi connectivity index (χ2n) is 9.69. The monoisotopic (exact) mass is 345 g/mol. The molecular formula is C24H27NO. The summed E-state index contributed by atoms with van der Waals surface area (Å²) in [6, 6.07) is 12.6. The number of aromatic nitrogens is 1. The molecule has 4 aliphatic rings. The summed E-state index contributed by atoms with van der Waals surface area (Å²) in [6.07, 6.45) is 10.2. The number of rotatable bonds is 3. The lowest BCUT2D eigenvalue weighted by Crippen LogP contribution is -2.36. The summed E-state index contributed by atoms with van der Waals surface area (Å²) in [7, 11) is 0. The van der Waals surface area contributed by atoms with Gasteiger partial charge in [-0.3, -0.25) is 9.78 Å². The Labute approximate surface area is 155 Å². The number of ketones is 1. The predicted octanol–water partition coefficient (Wildman–Crippen LogP) is 5.51. The zero-order valence-corrected chi connectivity index (χ0v) is 15.4. The molecule has 6 atom stereocenters. The first-order valence-electron chi connectivity index (χ1n) is 10.6. The number of carbonyl (C=O) groups is 1. The van der Waals surface area contributed by atoms with Crippen LogP contribution in [0, 0.1) is 29.1 Å². The summed E-state index contributed by atoms with van der Waals surface area (Å²) in [5.41, 5.74) is 2.26. The van der Waals surface area contributed by atoms with Crippen LogP contribution in [0.4, 0.5) is 0 Å². The minimum atomic E-state index is 0.0505. The van der Waals surface area contributed by atoms with E-state index in [1.165, 1.54) is 50.3 Å². The van der Waals surface area contributed by atoms with Gasteiger partial charge in [-0.1, -0.05) is 43.5 Å². The number of para-hydroxylation sites is 1. The highest BCUT2D eigenvalue weighted by molar-refractivity contribution is 5.91. The normalized spacial score (nSPS) is 40.5. The molecule has 0 saturated heterocycles. The molecule has 1 aromatic heterocycles. The molecule has 4 fully saturated rings. The zero-order chi connectivity index (χ0) is 17.3. The first-order chi connectivity index (χ1) is 12.7. The average molecular weight is 345 g/mol. The lowest BCUT2D eigenvalue weighted by atomic mass is 9.66. The van der Waals surface area contributed by atoms with E-state index in [-0.39, 0.29) is 11.3 Å². The molecule has 0 aliphatic heterocycles. The number of carbonyl (C=O) groups excluding carboxylic acids is 1. The van der Waals surface area contributed by atoms with E-state index in [4.69, 9.17) is 4.98 Å². The van der Waals surface area contributed by atoms with Gasteiger partial charge in [-0.25, -0.2) is 0 Å². The van der Waals surface area contributed by atoms with E-state index < -0.39 is 0 Å². The third-order valence-electron chi connectivity index (χ3n) is 8.13. The van der Waals surface area contributed by atoms with Crippen molar-refractivity contribution in [2.24, 2.45) is 29.1 Å². The van der Waals surface area contributed by atoms with Crippen molar-refractivity contribution in [3.63, 3.8) is 0 Å². The number of benzene rings is 1. The Kier molecular flexibility index (Phi) is 3.19. The van der Waals surface area contributed by atoms with Gasteiger partial charge in [0.2, 0.25) is 0 Å². The van der Waals surface area contributed by atoms with Crippen molar-refractivity contribution < 1.29 is 4.79 Å². The van der Waals surface area contributed by atoms with Crippen LogP contribution in [-0.4, -0.2) is 10.8 Å². The molecule has 1 aromatic carbocycles. The molecule has 0 radical (unpaired) electrons. The van der Waals surface area contributed by atoms with E-state index in [0.29, 0.717) is 11.7 Å². The molecule has 6 rings (SSSR count). The van der Waals surface area contributed by atoms with Gasteiger partial charge in [0.15, 0.2) is 0 Å². The summed E-state index contributed by atoms with van der Waals surface area (Å²) in [4.78, 5) is 18.5. The van der Waals surface area contributed by atoms with Crippen LogP contribution in [0.2, 0.25) is 0 Å². The fraction of sp³-hybridized carbons (Fsp3) is 0.583. The van der Waals surface area contributed by atoms with Crippen molar-refractivity contribution in [3.8, 4) is 0 Å². The topological polar surface area (TPSA) is 30.0 Å². The van der Waals surface area contributed by atoms with Crippen molar-refractivity contribution in [3.05, 3.63) is 42.1 Å². The second-order valence-corrected chi connectivity index (χ2v) is 9.69. The van der Waals surface area contributed by atoms with Gasteiger partial charge < -0.3 is 0 Å². The second kappa shape index (κ2) is 5.41. The maximum Gasteiger partial charge on any atom is 0.142 e. The number of pyridine rings is 1. The molecule has 4 aliphatic carbocycles. The third-order valence-corrected chi connectivity index (χ3v) is 8.13. The molecule has 0 N–H and O–H groups in total. The Morgan fingerprint density at radius 1 is 0.962 bits per heavy atom. The minimum absolute atomic E-state index is 0.0505. The quantitative estimate of drug-likeness (QED) is 0.734. The van der Waals surface area contributed by atoms with Crippen molar-refractivity contribution in [1.82, 2.24) is 4.98 Å². The minimum Gasteiger partial charge on any atom is -0.299 e. The van der Waals surface area contributed by atoms with Gasteiger partial charge >= 0.3 is 0 Å². The zero-order valence-electron chi connectivity index (χ0n) is 15.4. The van der Waals surface area contributed by atoms with Gasteiger partial charge in [-0.15, -0.1) is 0 Å². The number of hydrogen-bond acceptors (Lipinski definition) is 2. The van der Waals surface area contributed by atoms with E-state index in [1.807, 2.05) is 6.07 Å². The van der Waals surface area contributed by atoms with Gasteiger partial charge in [-0.2, -0.15) is 0 Å². The molecule has 0 spiro atoms. The molecule has 2 aromatic rings. The van der Waals surface area contributed by atoms with Crippen LogP contribution in [0.15, 0.2) is 36.4 Å². The van der Waals surface area contributed by atoms with Crippen molar-refractivity contribution in [2.45, 2.75) is 57.3 Å². The maximum atomic E-state index is 13.6. The Balaban J connectivity index is 1.26. The molecular weight excluding hydrogens is 318 g/mol. The Morgan fingerprint density at radius 3 is 2.81 bits per heavy atom. The van der Waals surface area contributed by atoms with Crippen LogP contribution in [0.25, 0.3) is 10.9 Å². The molecule has 4 saturated carbocycles. The molecule has 3 bridgehead atoms. The SMILES string of the molecule is O=C(C1CC1c1ccc2ccccc2n1)C12CC3CCCC(C1)C(C3)C2. The van der Waals surface area contributed by atoms with Crippen LogP contribution in [0.5, 0.6) is 0 Å². The van der Waals surface area contributed by atoms with Crippen LogP contribution < -0.4 is 0 Å². The van der Waals surface area contributed by atoms with Gasteiger partial charge in [0.25, 0.3) is 0 Å². The highest BCUT2D eigenvalue weighted by atomic mass is 16.1. The number of Topliss-reactive ketones (excluding diaryl/α,β-unsaturated/α-hetero) is 1. The van der Waals surface area contributed by atoms with E-state index in [9.17, 15) is 4.79 Å². The van der Waals surface area contributed by atoms with E-state index in [2.05, 4.69) is 30.3 Å². The molecule has 1 heterocycles. The number of hydrogen-bond donors (Lipinski definition) is 0. The Bertz CT molecular complexity index is 885. The van der Waals surface area contributed by atoms with Crippen molar-refractivity contribution in [2.75, 3.05) is 0 Å². The molecule has 134 valence electrons. The number of nitrogens with zero attached hydrogens (tertiary/aromatic N) is 1. The molecule has 6 unspecified atom stereocenters. The Hall–Kier alpha value is -1.70. The predicted molar refractivity (Wildman–Crippen MR) is 103 cm³/mol. The molecule has 2 heteroatoms. The average Bonchev–Trinajstić information content (AvgIpc) is 3.42. The summed E-state index contributed by atoms with van der Waals surface area (Å²) in [5, 5.41) is 1.19. The first-order valence-corrected chi connectivity index (χ1v) is 10.6. The van der Waals surface area contributed by atoms with Gasteiger partial charge in [0.05, 0.1) is 5.52 Å². The Morgan fingerprint density at radius 2 is 1.85 bits per heavy atom. The van der Waals surface area contributed by atoms with E-state index >= 15 is 0 Å². The first kappa shape index (κ1) is 15.4. The summed E-state index contributed by atoms with van der Waals surface area (Å²) >= 11 is 0. The van der Waals surface area contributed by atoms with Crippen molar-refractivity contribution >= 4 is 16.7 Å². The van der Waals surface area contributed by atoms with Gasteiger partial charge in [0, 0.05) is 28.3 Å². The van der Waals surface area contributed by atoms with Gasteiger partial charge in [-0.05, 0) is 62.0 Å². The summed E-state index contributed by atoms with van der Waals surface area (Å²) in [6.45, 7) is 0. The highest BCUT2D eigenvalue weighted by Crippen LogP contribution is 2.63. The fourth-order valence-corrected chi connectivity index (χ4v) is 6.95. The van der Waals surface area contributed by atoms with Crippen LogP contribution >= 0.6 is 0 Å².